The molecule has 0 spiro atoms. The monoisotopic (exact) mass is 387 g/mol. The smallest absolute Gasteiger partial charge is 0.290 e. The fourth-order valence-electron chi connectivity index (χ4n) is 3.65. The van der Waals surface area contributed by atoms with Crippen molar-refractivity contribution >= 4 is 33.1 Å². The first-order valence-corrected chi connectivity index (χ1v) is 10.4. The molecule has 1 atom stereocenters. The van der Waals surface area contributed by atoms with Gasteiger partial charge in [-0.15, -0.1) is 16.4 Å². The van der Waals surface area contributed by atoms with Crippen LogP contribution in [0.5, 0.6) is 0 Å². The number of carbonyl (C=O) groups is 1. The van der Waals surface area contributed by atoms with Crippen molar-refractivity contribution in [2.75, 3.05) is 13.2 Å². The summed E-state index contributed by atoms with van der Waals surface area (Å²) in [6.07, 6.45) is 6.13. The standard InChI is InChI=1S/C19H25N5O2S/c1-11(2)26-9-5-8-20-18(25)16-22-17-15-14-12(3)6-4-7-13(14)27-19(15)21-10-24(17)23-16/h10-12H,4-9H2,1-3H3,(H,20,25)/t12-/m1/s1. The summed E-state index contributed by atoms with van der Waals surface area (Å²) in [5.41, 5.74) is 2.09. The second kappa shape index (κ2) is 7.52. The van der Waals surface area contributed by atoms with E-state index < -0.39 is 0 Å². The molecular weight excluding hydrogens is 362 g/mol. The number of aromatic nitrogens is 4. The molecular formula is C19H25N5O2S. The van der Waals surface area contributed by atoms with E-state index in [1.165, 1.54) is 23.3 Å². The van der Waals surface area contributed by atoms with Crippen LogP contribution in [0.4, 0.5) is 0 Å². The van der Waals surface area contributed by atoms with Crippen molar-refractivity contribution in [3.63, 3.8) is 0 Å². The zero-order valence-electron chi connectivity index (χ0n) is 16.0. The lowest BCUT2D eigenvalue weighted by Gasteiger charge is -2.18. The number of fused-ring (bicyclic) bond motifs is 5. The molecule has 7 nitrogen and oxygen atoms in total. The average Bonchev–Trinajstić information content (AvgIpc) is 3.22. The van der Waals surface area contributed by atoms with Crippen LogP contribution < -0.4 is 5.32 Å². The first kappa shape index (κ1) is 18.3. The second-order valence-electron chi connectivity index (χ2n) is 7.39. The number of aryl methyl sites for hydroxylation is 1. The fraction of sp³-hybridized carbons (Fsp3) is 0.579. The molecule has 1 aliphatic rings. The predicted octanol–water partition coefficient (Wildman–Crippen LogP) is 3.32. The molecule has 3 heterocycles. The van der Waals surface area contributed by atoms with E-state index in [1.54, 1.807) is 22.2 Å². The van der Waals surface area contributed by atoms with E-state index in [-0.39, 0.29) is 17.8 Å². The van der Waals surface area contributed by atoms with Crippen LogP contribution in [-0.4, -0.2) is 44.7 Å². The Hall–Kier alpha value is -2.06. The van der Waals surface area contributed by atoms with E-state index >= 15 is 0 Å². The van der Waals surface area contributed by atoms with Gasteiger partial charge in [0, 0.05) is 18.0 Å². The lowest BCUT2D eigenvalue weighted by molar-refractivity contribution is 0.0756. The highest BCUT2D eigenvalue weighted by Crippen LogP contribution is 2.42. The minimum atomic E-state index is -0.256. The van der Waals surface area contributed by atoms with Gasteiger partial charge in [0.1, 0.15) is 11.2 Å². The highest BCUT2D eigenvalue weighted by atomic mass is 32.1. The normalized spacial score (nSPS) is 17.0. The van der Waals surface area contributed by atoms with Gasteiger partial charge in [-0.3, -0.25) is 4.79 Å². The number of rotatable bonds is 6. The molecule has 0 bridgehead atoms. The van der Waals surface area contributed by atoms with Gasteiger partial charge < -0.3 is 10.1 Å². The third-order valence-corrected chi connectivity index (χ3v) is 6.11. The molecule has 144 valence electrons. The largest absolute Gasteiger partial charge is 0.379 e. The number of nitrogens with one attached hydrogen (secondary N) is 1. The Bertz CT molecular complexity index is 977. The first-order valence-electron chi connectivity index (χ1n) is 9.61. The Morgan fingerprint density at radius 3 is 3.15 bits per heavy atom. The molecule has 0 aromatic carbocycles. The second-order valence-corrected chi connectivity index (χ2v) is 8.47. The van der Waals surface area contributed by atoms with E-state index in [1.807, 2.05) is 13.8 Å². The van der Waals surface area contributed by atoms with Gasteiger partial charge in [-0.1, -0.05) is 6.92 Å². The lowest BCUT2D eigenvalue weighted by Crippen LogP contribution is -2.26. The lowest BCUT2D eigenvalue weighted by atomic mass is 9.87. The predicted molar refractivity (Wildman–Crippen MR) is 106 cm³/mol. The number of hydrogen-bond donors (Lipinski definition) is 1. The highest BCUT2D eigenvalue weighted by Gasteiger charge is 2.25. The molecule has 27 heavy (non-hydrogen) atoms. The summed E-state index contributed by atoms with van der Waals surface area (Å²) in [5, 5.41) is 8.29. The highest BCUT2D eigenvalue weighted by molar-refractivity contribution is 7.19. The third kappa shape index (κ3) is 3.55. The summed E-state index contributed by atoms with van der Waals surface area (Å²) in [4.78, 5) is 23.9. The molecule has 4 rings (SSSR count). The number of thiophene rings is 1. The Morgan fingerprint density at radius 2 is 2.33 bits per heavy atom. The molecule has 0 radical (unpaired) electrons. The minimum Gasteiger partial charge on any atom is -0.379 e. The number of hydrogen-bond acceptors (Lipinski definition) is 6. The van der Waals surface area contributed by atoms with Crippen molar-refractivity contribution < 1.29 is 9.53 Å². The van der Waals surface area contributed by atoms with Gasteiger partial charge in [-0.2, -0.15) is 0 Å². The molecule has 0 aliphatic heterocycles. The molecule has 1 aliphatic carbocycles. The van der Waals surface area contributed by atoms with E-state index in [9.17, 15) is 4.79 Å². The van der Waals surface area contributed by atoms with Gasteiger partial charge in [0.15, 0.2) is 5.65 Å². The van der Waals surface area contributed by atoms with E-state index in [0.717, 1.165) is 28.7 Å². The molecule has 3 aromatic heterocycles. The molecule has 8 heteroatoms. The van der Waals surface area contributed by atoms with Crippen LogP contribution in [-0.2, 0) is 11.2 Å². The maximum atomic E-state index is 12.4. The van der Waals surface area contributed by atoms with Crippen LogP contribution >= 0.6 is 11.3 Å². The van der Waals surface area contributed by atoms with E-state index in [2.05, 4.69) is 27.3 Å². The zero-order valence-corrected chi connectivity index (χ0v) is 16.8. The molecule has 3 aromatic rings. The van der Waals surface area contributed by atoms with Gasteiger partial charge in [-0.05, 0) is 51.0 Å². The van der Waals surface area contributed by atoms with Crippen LogP contribution in [0.3, 0.4) is 0 Å². The van der Waals surface area contributed by atoms with Gasteiger partial charge in [0.2, 0.25) is 5.82 Å². The van der Waals surface area contributed by atoms with E-state index in [4.69, 9.17) is 4.74 Å². The Kier molecular flexibility index (Phi) is 5.10. The van der Waals surface area contributed by atoms with Gasteiger partial charge in [-0.25, -0.2) is 14.5 Å². The summed E-state index contributed by atoms with van der Waals surface area (Å²) < 4.78 is 7.12. The third-order valence-electron chi connectivity index (χ3n) is 4.94. The van der Waals surface area contributed by atoms with E-state index in [0.29, 0.717) is 19.1 Å². The number of ether oxygens (including phenoxy) is 1. The maximum Gasteiger partial charge on any atom is 0.290 e. The van der Waals surface area contributed by atoms with Crippen LogP contribution in [0.2, 0.25) is 0 Å². The maximum absolute atomic E-state index is 12.4. The van der Waals surface area contributed by atoms with Crippen LogP contribution in [0.25, 0.3) is 15.9 Å². The van der Waals surface area contributed by atoms with Crippen molar-refractivity contribution in [1.82, 2.24) is 24.9 Å². The SMILES string of the molecule is CC(C)OCCCNC(=O)c1nc2c3c4c(sc3ncn2n1)CCC[C@H]4C. The topological polar surface area (TPSA) is 81.4 Å². The number of nitrogens with zero attached hydrogens (tertiary/aromatic N) is 4. The summed E-state index contributed by atoms with van der Waals surface area (Å²) in [6, 6.07) is 0. The molecule has 0 unspecified atom stereocenters. The first-order chi connectivity index (χ1) is 13.0. The summed E-state index contributed by atoms with van der Waals surface area (Å²) in [7, 11) is 0. The van der Waals surface area contributed by atoms with Crippen molar-refractivity contribution in [2.45, 2.75) is 58.5 Å². The van der Waals surface area contributed by atoms with Crippen LogP contribution in [0.1, 0.15) is 67.0 Å². The van der Waals surface area contributed by atoms with Crippen molar-refractivity contribution in [2.24, 2.45) is 0 Å². The summed E-state index contributed by atoms with van der Waals surface area (Å²) in [5.74, 6) is 0.427. The average molecular weight is 388 g/mol. The van der Waals surface area contributed by atoms with Crippen LogP contribution in [0, 0.1) is 0 Å². The minimum absolute atomic E-state index is 0.192. The van der Waals surface area contributed by atoms with Gasteiger partial charge >= 0.3 is 0 Å². The quantitative estimate of drug-likeness (QED) is 0.656. The molecule has 0 saturated heterocycles. The Morgan fingerprint density at radius 1 is 1.48 bits per heavy atom. The number of carbonyl (C=O) groups excluding carboxylic acids is 1. The summed E-state index contributed by atoms with van der Waals surface area (Å²) in [6.45, 7) is 7.42. The zero-order chi connectivity index (χ0) is 19.0. The van der Waals surface area contributed by atoms with Crippen LogP contribution in [0.15, 0.2) is 6.33 Å². The Balaban J connectivity index is 1.58. The van der Waals surface area contributed by atoms with Crippen molar-refractivity contribution in [1.29, 1.82) is 0 Å². The number of amides is 1. The molecule has 1 N–H and O–H groups in total. The molecule has 1 amide bonds. The van der Waals surface area contributed by atoms with Gasteiger partial charge in [0.05, 0.1) is 11.5 Å². The Labute approximate surface area is 162 Å². The summed E-state index contributed by atoms with van der Waals surface area (Å²) >= 11 is 1.75. The fourth-order valence-corrected chi connectivity index (χ4v) is 4.95. The molecule has 0 saturated carbocycles. The molecule has 0 fully saturated rings. The van der Waals surface area contributed by atoms with Crippen molar-refractivity contribution in [3.8, 4) is 0 Å². The van der Waals surface area contributed by atoms with Gasteiger partial charge in [0.25, 0.3) is 5.91 Å². The van der Waals surface area contributed by atoms with Crippen molar-refractivity contribution in [3.05, 3.63) is 22.6 Å².